The van der Waals surface area contributed by atoms with Gasteiger partial charge in [0.1, 0.15) is 11.0 Å². The summed E-state index contributed by atoms with van der Waals surface area (Å²) in [5.41, 5.74) is 0. The minimum absolute atomic E-state index is 0. The first-order valence-corrected chi connectivity index (χ1v) is 2.79. The van der Waals surface area contributed by atoms with Crippen molar-refractivity contribution in [3.05, 3.63) is 16.6 Å². The second-order valence-corrected chi connectivity index (χ2v) is 2.02. The summed E-state index contributed by atoms with van der Waals surface area (Å²) >= 11 is 1.06. The van der Waals surface area contributed by atoms with Crippen LogP contribution < -0.4 is 5.11 Å². The van der Waals surface area contributed by atoms with Crippen molar-refractivity contribution >= 4 is 40.4 Å². The molecule has 4 nitrogen and oxygen atoms in total. The van der Waals surface area contributed by atoms with Crippen LogP contribution in [0.3, 0.4) is 0 Å². The van der Waals surface area contributed by atoms with Crippen LogP contribution in [0.4, 0.5) is 0 Å². The van der Waals surface area contributed by atoms with Crippen molar-refractivity contribution in [3.8, 4) is 0 Å². The molecule has 50 valence electrons. The van der Waals surface area contributed by atoms with E-state index in [1.54, 1.807) is 5.38 Å². The molecule has 0 aliphatic carbocycles. The average Bonchev–Trinajstić information content (AvgIpc) is 2.12. The van der Waals surface area contributed by atoms with E-state index in [0.717, 1.165) is 11.3 Å². The maximum Gasteiger partial charge on any atom is 2.00 e. The normalized spacial score (nSPS) is 7.20. The minimum atomic E-state index is -1.21. The molecule has 0 unspecified atom stereocenters. The third kappa shape index (κ3) is 3.11. The van der Waals surface area contributed by atoms with Gasteiger partial charge < -0.3 is 15.4 Å². The van der Waals surface area contributed by atoms with Gasteiger partial charge in [0, 0.05) is 11.6 Å². The maximum atomic E-state index is 9.90. The van der Waals surface area contributed by atoms with Crippen LogP contribution in [-0.4, -0.2) is 39.5 Å². The molecule has 10 heavy (non-hydrogen) atoms. The Labute approximate surface area is 77.4 Å². The second kappa shape index (κ2) is 5.60. The molecule has 0 aromatic carbocycles. The summed E-state index contributed by atoms with van der Waals surface area (Å²) in [6, 6.07) is 0. The minimum Gasteiger partial charge on any atom is -0.870 e. The summed E-state index contributed by atoms with van der Waals surface area (Å²) in [6.07, 6.45) is 1.43. The number of carboxylic acid groups (broad SMARTS) is 1. The van der Waals surface area contributed by atoms with Crippen LogP contribution in [0.5, 0.6) is 0 Å². The van der Waals surface area contributed by atoms with E-state index < -0.39 is 5.97 Å². The van der Waals surface area contributed by atoms with Gasteiger partial charge in [0.25, 0.3) is 0 Å². The molecule has 0 fully saturated rings. The second-order valence-electron chi connectivity index (χ2n) is 1.12. The van der Waals surface area contributed by atoms with Gasteiger partial charge in [-0.3, -0.25) is 0 Å². The molecule has 0 atom stereocenters. The molecule has 0 bridgehead atoms. The van der Waals surface area contributed by atoms with Gasteiger partial charge in [-0.2, -0.15) is 0 Å². The molecule has 1 aromatic rings. The third-order valence-electron chi connectivity index (χ3n) is 0.607. The Morgan fingerprint density at radius 3 is 2.50 bits per heavy atom. The molecular formula is C4H3MgNO3S. The summed E-state index contributed by atoms with van der Waals surface area (Å²) < 4.78 is 0. The molecule has 0 saturated heterocycles. The largest absolute Gasteiger partial charge is 2.00 e. The number of aromatic carboxylic acids is 1. The molecule has 1 N–H and O–H groups in total. The van der Waals surface area contributed by atoms with Crippen LogP contribution in [-0.2, 0) is 0 Å². The summed E-state index contributed by atoms with van der Waals surface area (Å²) in [5.74, 6) is -1.21. The summed E-state index contributed by atoms with van der Waals surface area (Å²) in [6.45, 7) is 0. The zero-order chi connectivity index (χ0) is 5.98. The van der Waals surface area contributed by atoms with Crippen molar-refractivity contribution in [2.75, 3.05) is 0 Å². The average molecular weight is 169 g/mol. The number of carbonyl (C=O) groups excluding carboxylic acids is 1. The van der Waals surface area contributed by atoms with E-state index in [1.807, 2.05) is 0 Å². The zero-order valence-electron chi connectivity index (χ0n) is 4.98. The summed E-state index contributed by atoms with van der Waals surface area (Å²) in [4.78, 5) is 13.4. The van der Waals surface area contributed by atoms with Crippen molar-refractivity contribution in [1.82, 2.24) is 4.98 Å². The fourth-order valence-electron chi connectivity index (χ4n) is 0.324. The fourth-order valence-corrected chi connectivity index (χ4v) is 0.793. The molecule has 0 amide bonds. The van der Waals surface area contributed by atoms with Crippen molar-refractivity contribution in [2.24, 2.45) is 0 Å². The van der Waals surface area contributed by atoms with Crippen LogP contribution in [0, 0.1) is 0 Å². The molecule has 0 spiro atoms. The third-order valence-corrected chi connectivity index (χ3v) is 1.36. The number of thiazole rings is 1. The maximum absolute atomic E-state index is 9.90. The van der Waals surface area contributed by atoms with Crippen LogP contribution in [0.25, 0.3) is 0 Å². The van der Waals surface area contributed by atoms with E-state index in [0.29, 0.717) is 0 Å². The number of aromatic nitrogens is 1. The topological polar surface area (TPSA) is 83.0 Å². The summed E-state index contributed by atoms with van der Waals surface area (Å²) in [7, 11) is 0. The Bertz CT molecular complexity index is 188. The first-order chi connectivity index (χ1) is 3.80. The first kappa shape index (κ1) is 12.5. The number of carbonyl (C=O) groups is 1. The smallest absolute Gasteiger partial charge is 0.870 e. The molecular weight excluding hydrogens is 166 g/mol. The van der Waals surface area contributed by atoms with E-state index in [-0.39, 0.29) is 33.5 Å². The molecule has 1 heterocycles. The van der Waals surface area contributed by atoms with Gasteiger partial charge in [-0.15, -0.1) is 11.3 Å². The van der Waals surface area contributed by atoms with E-state index in [2.05, 4.69) is 4.98 Å². The van der Waals surface area contributed by atoms with Crippen LogP contribution >= 0.6 is 11.3 Å². The monoisotopic (exact) mass is 169 g/mol. The molecule has 0 aliphatic heterocycles. The quantitative estimate of drug-likeness (QED) is 0.502. The number of rotatable bonds is 1. The Kier molecular flexibility index (Phi) is 7.00. The van der Waals surface area contributed by atoms with Crippen LogP contribution in [0.15, 0.2) is 11.6 Å². The fraction of sp³-hybridized carbons (Fsp3) is 0. The predicted octanol–water partition coefficient (Wildman–Crippen LogP) is -1.05. The Hall–Kier alpha value is -0.174. The van der Waals surface area contributed by atoms with E-state index in [9.17, 15) is 9.90 Å². The molecule has 0 radical (unpaired) electrons. The van der Waals surface area contributed by atoms with Crippen molar-refractivity contribution in [2.45, 2.75) is 0 Å². The van der Waals surface area contributed by atoms with Crippen molar-refractivity contribution < 1.29 is 15.4 Å². The van der Waals surface area contributed by atoms with Gasteiger partial charge in [0.2, 0.25) is 0 Å². The SMILES string of the molecule is O=C([O-])c1nccs1.[Mg+2].[OH-]. The zero-order valence-corrected chi connectivity index (χ0v) is 7.21. The van der Waals surface area contributed by atoms with Gasteiger partial charge in [-0.25, -0.2) is 4.98 Å². The predicted molar refractivity (Wildman–Crippen MR) is 34.1 cm³/mol. The molecule has 0 aliphatic rings. The van der Waals surface area contributed by atoms with E-state index in [1.165, 1.54) is 6.20 Å². The number of hydrogen-bond acceptors (Lipinski definition) is 5. The molecule has 6 heteroatoms. The Balaban J connectivity index is 0. The first-order valence-electron chi connectivity index (χ1n) is 1.91. The van der Waals surface area contributed by atoms with Crippen molar-refractivity contribution in [1.29, 1.82) is 0 Å². The van der Waals surface area contributed by atoms with Gasteiger partial charge >= 0.3 is 23.1 Å². The Morgan fingerprint density at radius 1 is 1.70 bits per heavy atom. The van der Waals surface area contributed by atoms with E-state index >= 15 is 0 Å². The Morgan fingerprint density at radius 2 is 2.30 bits per heavy atom. The van der Waals surface area contributed by atoms with E-state index in [4.69, 9.17) is 0 Å². The van der Waals surface area contributed by atoms with Gasteiger partial charge in [0.05, 0.1) is 0 Å². The summed E-state index contributed by atoms with van der Waals surface area (Å²) in [5, 5.41) is 11.5. The molecule has 1 aromatic heterocycles. The number of carboxylic acids is 1. The molecule has 0 saturated carbocycles. The van der Waals surface area contributed by atoms with Crippen LogP contribution in [0.2, 0.25) is 0 Å². The van der Waals surface area contributed by atoms with Gasteiger partial charge in [-0.1, -0.05) is 0 Å². The number of nitrogens with zero attached hydrogens (tertiary/aromatic N) is 1. The van der Waals surface area contributed by atoms with Gasteiger partial charge in [0.15, 0.2) is 0 Å². The standard InChI is InChI=1S/C4H3NO2S.Mg.H2O/c6-4(7)3-5-1-2-8-3;;/h1-2H,(H,6,7);;1H2/q;+2;/p-2. The number of hydrogen-bond donors (Lipinski definition) is 0. The molecule has 1 rings (SSSR count). The van der Waals surface area contributed by atoms with Crippen LogP contribution in [0.1, 0.15) is 9.80 Å². The van der Waals surface area contributed by atoms with Gasteiger partial charge in [-0.05, 0) is 0 Å². The van der Waals surface area contributed by atoms with Crippen molar-refractivity contribution in [3.63, 3.8) is 0 Å².